The largest absolute Gasteiger partial charge is 0.300 e. The summed E-state index contributed by atoms with van der Waals surface area (Å²) in [4.78, 5) is 11.8. The van der Waals surface area contributed by atoms with Crippen LogP contribution < -0.4 is 0 Å². The molecular weight excluding hydrogens is 232 g/mol. The van der Waals surface area contributed by atoms with Crippen molar-refractivity contribution >= 4 is 5.78 Å². The van der Waals surface area contributed by atoms with Crippen molar-refractivity contribution in [1.82, 2.24) is 0 Å². The van der Waals surface area contributed by atoms with Gasteiger partial charge in [-0.15, -0.1) is 0 Å². The maximum Gasteiger partial charge on any atom is 0.133 e. The lowest BCUT2D eigenvalue weighted by Crippen LogP contribution is -2.00. The molecule has 0 amide bonds. The smallest absolute Gasteiger partial charge is 0.133 e. The van der Waals surface area contributed by atoms with Crippen LogP contribution >= 0.6 is 0 Å². The van der Waals surface area contributed by atoms with Gasteiger partial charge in [0.05, 0.1) is 0 Å². The fourth-order valence-corrected chi connectivity index (χ4v) is 2.27. The molecule has 0 bridgehead atoms. The van der Waals surface area contributed by atoms with Gasteiger partial charge in [-0.3, -0.25) is 4.79 Å². The predicted octanol–water partition coefficient (Wildman–Crippen LogP) is 5.28. The first-order chi connectivity index (χ1) is 9.13. The highest BCUT2D eigenvalue weighted by atomic mass is 16.1. The summed E-state index contributed by atoms with van der Waals surface area (Å²) in [5.74, 6) is 0.982. The first-order valence-electron chi connectivity index (χ1n) is 7.74. The quantitative estimate of drug-likeness (QED) is 0.552. The Hall–Kier alpha value is -1.11. The summed E-state index contributed by atoms with van der Waals surface area (Å²) in [6.07, 6.45) is 7.12. The van der Waals surface area contributed by atoms with Crippen molar-refractivity contribution in [2.75, 3.05) is 0 Å². The number of benzene rings is 1. The third-order valence-electron chi connectivity index (χ3n) is 3.62. The van der Waals surface area contributed by atoms with Crippen LogP contribution in [-0.2, 0) is 11.2 Å². The van der Waals surface area contributed by atoms with E-state index in [9.17, 15) is 4.79 Å². The molecule has 0 aliphatic rings. The molecule has 1 heteroatoms. The van der Waals surface area contributed by atoms with Gasteiger partial charge in [0.25, 0.3) is 0 Å². The van der Waals surface area contributed by atoms with E-state index >= 15 is 0 Å². The van der Waals surface area contributed by atoms with Crippen molar-refractivity contribution < 1.29 is 4.79 Å². The van der Waals surface area contributed by atoms with Gasteiger partial charge >= 0.3 is 0 Å². The fourth-order valence-electron chi connectivity index (χ4n) is 2.27. The number of carbonyl (C=O) groups is 1. The lowest BCUT2D eigenvalue weighted by Gasteiger charge is -2.08. The van der Waals surface area contributed by atoms with Gasteiger partial charge < -0.3 is 0 Å². The van der Waals surface area contributed by atoms with E-state index in [-0.39, 0.29) is 0 Å². The Morgan fingerprint density at radius 2 is 1.89 bits per heavy atom. The predicted molar refractivity (Wildman–Crippen MR) is 82.6 cm³/mol. The van der Waals surface area contributed by atoms with E-state index in [0.717, 1.165) is 19.3 Å². The molecule has 0 saturated heterocycles. The molecule has 0 saturated carbocycles. The van der Waals surface area contributed by atoms with Crippen LogP contribution in [0.15, 0.2) is 24.3 Å². The van der Waals surface area contributed by atoms with Crippen molar-refractivity contribution in [3.05, 3.63) is 35.4 Å². The molecule has 1 aromatic carbocycles. The Morgan fingerprint density at radius 3 is 2.58 bits per heavy atom. The minimum Gasteiger partial charge on any atom is -0.300 e. The van der Waals surface area contributed by atoms with E-state index in [1.54, 1.807) is 0 Å². The minimum atomic E-state index is 0.422. The first-order valence-corrected chi connectivity index (χ1v) is 7.74. The van der Waals surface area contributed by atoms with Crippen molar-refractivity contribution in [3.8, 4) is 0 Å². The number of rotatable bonds is 9. The van der Waals surface area contributed by atoms with Crippen molar-refractivity contribution in [2.45, 2.75) is 71.6 Å². The molecular formula is C18H28O. The van der Waals surface area contributed by atoms with Gasteiger partial charge in [-0.05, 0) is 29.9 Å². The van der Waals surface area contributed by atoms with Crippen LogP contribution in [-0.4, -0.2) is 5.78 Å². The average Bonchev–Trinajstić information content (AvgIpc) is 2.41. The summed E-state index contributed by atoms with van der Waals surface area (Å²) >= 11 is 0. The van der Waals surface area contributed by atoms with Gasteiger partial charge in [0.2, 0.25) is 0 Å². The summed E-state index contributed by atoms with van der Waals surface area (Å²) in [6.45, 7) is 6.61. The van der Waals surface area contributed by atoms with Crippen molar-refractivity contribution in [1.29, 1.82) is 0 Å². The molecule has 1 nitrogen and oxygen atoms in total. The number of ketones is 1. The summed E-state index contributed by atoms with van der Waals surface area (Å²) in [5, 5.41) is 0. The molecule has 19 heavy (non-hydrogen) atoms. The molecule has 0 atom stereocenters. The second-order valence-electron chi connectivity index (χ2n) is 5.75. The van der Waals surface area contributed by atoms with Gasteiger partial charge in [0.1, 0.15) is 5.78 Å². The van der Waals surface area contributed by atoms with Gasteiger partial charge in [-0.1, -0.05) is 64.3 Å². The minimum absolute atomic E-state index is 0.422. The zero-order chi connectivity index (χ0) is 14.1. The van der Waals surface area contributed by atoms with E-state index in [1.165, 1.54) is 30.4 Å². The maximum absolute atomic E-state index is 11.8. The molecule has 0 radical (unpaired) electrons. The second-order valence-corrected chi connectivity index (χ2v) is 5.75. The number of hydrogen-bond acceptors (Lipinski definition) is 1. The fraction of sp³-hybridized carbons (Fsp3) is 0.611. The number of aryl methyl sites for hydroxylation is 1. The molecule has 0 spiro atoms. The van der Waals surface area contributed by atoms with E-state index in [2.05, 4.69) is 45.0 Å². The van der Waals surface area contributed by atoms with Crippen LogP contribution in [0.5, 0.6) is 0 Å². The average molecular weight is 260 g/mol. The molecule has 0 N–H and O–H groups in total. The van der Waals surface area contributed by atoms with E-state index in [4.69, 9.17) is 0 Å². The third-order valence-corrected chi connectivity index (χ3v) is 3.62. The first kappa shape index (κ1) is 15.9. The normalized spacial score (nSPS) is 10.9. The highest BCUT2D eigenvalue weighted by Gasteiger charge is 2.04. The molecule has 1 rings (SSSR count). The van der Waals surface area contributed by atoms with Crippen LogP contribution in [0.1, 0.15) is 76.3 Å². The molecule has 106 valence electrons. The highest BCUT2D eigenvalue weighted by Crippen LogP contribution is 2.17. The van der Waals surface area contributed by atoms with E-state index in [0.29, 0.717) is 18.1 Å². The molecule has 0 aliphatic heterocycles. The van der Waals surface area contributed by atoms with Gasteiger partial charge in [-0.2, -0.15) is 0 Å². The standard InChI is InChI=1S/C18H28O/c1-4-5-6-7-11-18(19)13-12-16-9-8-10-17(14-16)15(2)3/h8-10,14-15H,4-7,11-13H2,1-3H3. The summed E-state index contributed by atoms with van der Waals surface area (Å²) < 4.78 is 0. The Labute approximate surface area is 118 Å². The number of unbranched alkanes of at least 4 members (excludes halogenated alkanes) is 3. The van der Waals surface area contributed by atoms with E-state index < -0.39 is 0 Å². The number of Topliss-reactive ketones (excluding diaryl/α,β-unsaturated/α-hetero) is 1. The van der Waals surface area contributed by atoms with Crippen molar-refractivity contribution in [3.63, 3.8) is 0 Å². The van der Waals surface area contributed by atoms with Crippen LogP contribution in [0.2, 0.25) is 0 Å². The zero-order valence-corrected chi connectivity index (χ0v) is 12.7. The Morgan fingerprint density at radius 1 is 1.11 bits per heavy atom. The van der Waals surface area contributed by atoms with Crippen LogP contribution in [0.3, 0.4) is 0 Å². The van der Waals surface area contributed by atoms with Gasteiger partial charge in [-0.25, -0.2) is 0 Å². The molecule has 0 unspecified atom stereocenters. The summed E-state index contributed by atoms with van der Waals surface area (Å²) in [6, 6.07) is 8.66. The molecule has 0 aliphatic carbocycles. The zero-order valence-electron chi connectivity index (χ0n) is 12.7. The summed E-state index contributed by atoms with van der Waals surface area (Å²) in [7, 11) is 0. The Bertz CT molecular complexity index is 379. The Kier molecular flexibility index (Phi) is 7.47. The molecule has 0 aromatic heterocycles. The van der Waals surface area contributed by atoms with Gasteiger partial charge in [0.15, 0.2) is 0 Å². The maximum atomic E-state index is 11.8. The Balaban J connectivity index is 2.31. The molecule has 1 aromatic rings. The van der Waals surface area contributed by atoms with Gasteiger partial charge in [0, 0.05) is 12.8 Å². The number of hydrogen-bond donors (Lipinski definition) is 0. The van der Waals surface area contributed by atoms with Crippen LogP contribution in [0.25, 0.3) is 0 Å². The summed E-state index contributed by atoms with van der Waals surface area (Å²) in [5.41, 5.74) is 2.67. The van der Waals surface area contributed by atoms with E-state index in [1.807, 2.05) is 0 Å². The molecule has 0 heterocycles. The number of carbonyl (C=O) groups excluding carboxylic acids is 1. The second kappa shape index (κ2) is 8.90. The SMILES string of the molecule is CCCCCCC(=O)CCc1cccc(C(C)C)c1. The topological polar surface area (TPSA) is 17.1 Å². The van der Waals surface area contributed by atoms with Crippen molar-refractivity contribution in [2.24, 2.45) is 0 Å². The highest BCUT2D eigenvalue weighted by molar-refractivity contribution is 5.78. The molecule has 0 fully saturated rings. The monoisotopic (exact) mass is 260 g/mol. The lowest BCUT2D eigenvalue weighted by atomic mass is 9.98. The van der Waals surface area contributed by atoms with Crippen LogP contribution in [0, 0.1) is 0 Å². The lowest BCUT2D eigenvalue weighted by molar-refractivity contribution is -0.119. The van der Waals surface area contributed by atoms with Crippen LogP contribution in [0.4, 0.5) is 0 Å². The third kappa shape index (κ3) is 6.56.